The lowest BCUT2D eigenvalue weighted by Crippen LogP contribution is -2.25. The van der Waals surface area contributed by atoms with Gasteiger partial charge in [-0.2, -0.15) is 4.52 Å². The molecule has 0 aliphatic rings. The number of carbonyl (C=O) groups is 1. The number of hydrogen-bond donors (Lipinski definition) is 1. The first-order valence-corrected chi connectivity index (χ1v) is 11.9. The molecule has 8 heteroatoms. The predicted octanol–water partition coefficient (Wildman–Crippen LogP) is 5.46. The number of thioether (sulfide) groups is 1. The summed E-state index contributed by atoms with van der Waals surface area (Å²) in [5.74, 6) is 1.20. The van der Waals surface area contributed by atoms with Crippen LogP contribution in [0.3, 0.4) is 0 Å². The third kappa shape index (κ3) is 4.32. The number of nitrogens with one attached hydrogen (secondary N) is 1. The molecule has 1 N–H and O–H groups in total. The highest BCUT2D eigenvalue weighted by molar-refractivity contribution is 8.00. The number of nitrogens with zero attached hydrogens (tertiary/aromatic N) is 4. The van der Waals surface area contributed by atoms with Gasteiger partial charge in [0.25, 0.3) is 0 Å². The smallest absolute Gasteiger partial charge is 0.237 e. The first-order valence-electron chi connectivity index (χ1n) is 11.0. The molecule has 0 aliphatic heterocycles. The summed E-state index contributed by atoms with van der Waals surface area (Å²) in [4.78, 5) is 22.8. The van der Waals surface area contributed by atoms with Crippen LogP contribution in [0.1, 0.15) is 13.3 Å². The number of anilines is 1. The van der Waals surface area contributed by atoms with Crippen LogP contribution in [0, 0.1) is 0 Å². The average molecular weight is 470 g/mol. The molecule has 7 nitrogen and oxygen atoms in total. The molecule has 5 aromatic rings. The molecule has 170 valence electrons. The molecule has 0 saturated heterocycles. The monoisotopic (exact) mass is 469 g/mol. The van der Waals surface area contributed by atoms with Gasteiger partial charge in [0, 0.05) is 22.7 Å². The van der Waals surface area contributed by atoms with Gasteiger partial charge in [0.2, 0.25) is 5.91 Å². The van der Waals surface area contributed by atoms with Crippen molar-refractivity contribution in [2.24, 2.45) is 0 Å². The lowest BCUT2D eigenvalue weighted by molar-refractivity contribution is -0.115. The molecule has 3 aromatic carbocycles. The first-order chi connectivity index (χ1) is 16.7. The molecule has 5 rings (SSSR count). The van der Waals surface area contributed by atoms with Gasteiger partial charge in [0.15, 0.2) is 16.6 Å². The Bertz CT molecular complexity index is 1470. The van der Waals surface area contributed by atoms with E-state index in [9.17, 15) is 4.79 Å². The van der Waals surface area contributed by atoms with Crippen LogP contribution in [0.15, 0.2) is 84.0 Å². The number of methoxy groups -OCH3 is 1. The number of hydrogen-bond acceptors (Lipinski definition) is 6. The second-order valence-corrected chi connectivity index (χ2v) is 8.85. The Morgan fingerprint density at radius 1 is 1.03 bits per heavy atom. The zero-order valence-electron chi connectivity index (χ0n) is 18.8. The Morgan fingerprint density at radius 2 is 1.82 bits per heavy atom. The van der Waals surface area contributed by atoms with Gasteiger partial charge in [-0.25, -0.2) is 9.97 Å². The summed E-state index contributed by atoms with van der Waals surface area (Å²) in [6, 6.07) is 25.0. The summed E-state index contributed by atoms with van der Waals surface area (Å²) < 4.78 is 7.01. The number of para-hydroxylation sites is 1. The van der Waals surface area contributed by atoms with Gasteiger partial charge in [0.05, 0.1) is 17.9 Å². The number of fused-ring (bicyclic) bond motifs is 3. The van der Waals surface area contributed by atoms with Crippen LogP contribution < -0.4 is 10.1 Å². The fraction of sp³-hybridized carbons (Fsp3) is 0.154. The Morgan fingerprint density at radius 3 is 2.62 bits per heavy atom. The number of benzene rings is 3. The summed E-state index contributed by atoms with van der Waals surface area (Å²) in [7, 11) is 1.60. The molecule has 0 bridgehead atoms. The highest BCUT2D eigenvalue weighted by Crippen LogP contribution is 2.30. The molecule has 0 unspecified atom stereocenters. The van der Waals surface area contributed by atoms with E-state index in [-0.39, 0.29) is 11.2 Å². The molecule has 0 aliphatic carbocycles. The molecule has 0 radical (unpaired) electrons. The summed E-state index contributed by atoms with van der Waals surface area (Å²) in [5.41, 5.74) is 3.14. The second-order valence-electron chi connectivity index (χ2n) is 7.68. The minimum atomic E-state index is -0.368. The quantitative estimate of drug-likeness (QED) is 0.252. The molecule has 2 heterocycles. The van der Waals surface area contributed by atoms with Gasteiger partial charge in [0.1, 0.15) is 5.75 Å². The average Bonchev–Trinajstić information content (AvgIpc) is 3.34. The van der Waals surface area contributed by atoms with Crippen molar-refractivity contribution in [3.63, 3.8) is 0 Å². The number of ether oxygens (including phenoxy) is 1. The lowest BCUT2D eigenvalue weighted by atomic mass is 10.2. The zero-order chi connectivity index (χ0) is 23.5. The maximum Gasteiger partial charge on any atom is 0.237 e. The van der Waals surface area contributed by atoms with Crippen molar-refractivity contribution in [1.29, 1.82) is 0 Å². The van der Waals surface area contributed by atoms with Gasteiger partial charge < -0.3 is 10.1 Å². The van der Waals surface area contributed by atoms with Crippen LogP contribution in [0.25, 0.3) is 27.9 Å². The van der Waals surface area contributed by atoms with Gasteiger partial charge in [-0.15, -0.1) is 5.10 Å². The Labute approximate surface area is 201 Å². The Balaban J connectivity index is 1.52. The number of rotatable bonds is 7. The van der Waals surface area contributed by atoms with Crippen LogP contribution >= 0.6 is 11.8 Å². The molecule has 0 saturated carbocycles. The van der Waals surface area contributed by atoms with Crippen molar-refractivity contribution >= 4 is 39.9 Å². The van der Waals surface area contributed by atoms with Crippen molar-refractivity contribution in [2.75, 3.05) is 12.4 Å². The topological polar surface area (TPSA) is 81.4 Å². The predicted molar refractivity (Wildman–Crippen MR) is 135 cm³/mol. The number of carbonyl (C=O) groups excluding carboxylic acids is 1. The summed E-state index contributed by atoms with van der Waals surface area (Å²) in [6.07, 6.45) is 0.622. The molecule has 0 spiro atoms. The van der Waals surface area contributed by atoms with E-state index < -0.39 is 0 Å². The molecule has 34 heavy (non-hydrogen) atoms. The van der Waals surface area contributed by atoms with Crippen LogP contribution in [-0.4, -0.2) is 37.8 Å². The second kappa shape index (κ2) is 9.52. The van der Waals surface area contributed by atoms with E-state index >= 15 is 0 Å². The molecule has 1 atom stereocenters. The van der Waals surface area contributed by atoms with Crippen LogP contribution in [0.5, 0.6) is 5.75 Å². The molecular formula is C26H23N5O2S. The SMILES string of the molecule is CC[C@@H](Sc1nc2ccccc2c2nc(-c3ccccc3)nn12)C(=O)Nc1cccc(OC)c1. The van der Waals surface area contributed by atoms with Gasteiger partial charge in [-0.1, -0.05) is 67.2 Å². The summed E-state index contributed by atoms with van der Waals surface area (Å²) in [5, 5.41) is 8.92. The summed E-state index contributed by atoms with van der Waals surface area (Å²) >= 11 is 1.38. The standard InChI is InChI=1S/C26H23N5O2S/c1-3-22(25(32)27-18-12-9-13-19(16-18)33-2)34-26-28-21-15-8-7-14-20(21)24-29-23(30-31(24)26)17-10-5-4-6-11-17/h4-16,22H,3H2,1-2H3,(H,27,32)/t22-/m1/s1. The van der Waals surface area contributed by atoms with E-state index in [1.165, 1.54) is 11.8 Å². The first kappa shape index (κ1) is 21.9. The normalized spacial score (nSPS) is 12.1. The maximum absolute atomic E-state index is 13.1. The molecule has 0 fully saturated rings. The minimum absolute atomic E-state index is 0.104. The molecule has 2 aromatic heterocycles. The van der Waals surface area contributed by atoms with E-state index in [0.717, 1.165) is 22.1 Å². The fourth-order valence-electron chi connectivity index (χ4n) is 3.69. The largest absolute Gasteiger partial charge is 0.497 e. The van der Waals surface area contributed by atoms with E-state index in [1.807, 2.05) is 79.7 Å². The lowest BCUT2D eigenvalue weighted by Gasteiger charge is -2.15. The highest BCUT2D eigenvalue weighted by atomic mass is 32.2. The van der Waals surface area contributed by atoms with E-state index in [1.54, 1.807) is 17.7 Å². The Hall–Kier alpha value is -3.91. The molecule has 1 amide bonds. The van der Waals surface area contributed by atoms with Crippen molar-refractivity contribution in [3.8, 4) is 17.1 Å². The molecular weight excluding hydrogens is 446 g/mol. The van der Waals surface area contributed by atoms with E-state index in [0.29, 0.717) is 28.8 Å². The van der Waals surface area contributed by atoms with Crippen molar-refractivity contribution < 1.29 is 9.53 Å². The van der Waals surface area contributed by atoms with Crippen molar-refractivity contribution in [3.05, 3.63) is 78.9 Å². The van der Waals surface area contributed by atoms with E-state index in [4.69, 9.17) is 19.8 Å². The zero-order valence-corrected chi connectivity index (χ0v) is 19.6. The van der Waals surface area contributed by atoms with Crippen LogP contribution in [0.4, 0.5) is 5.69 Å². The number of aromatic nitrogens is 4. The van der Waals surface area contributed by atoms with Crippen molar-refractivity contribution in [2.45, 2.75) is 23.8 Å². The van der Waals surface area contributed by atoms with Crippen molar-refractivity contribution in [1.82, 2.24) is 19.6 Å². The van der Waals surface area contributed by atoms with Gasteiger partial charge in [-0.3, -0.25) is 4.79 Å². The maximum atomic E-state index is 13.1. The van der Waals surface area contributed by atoms with E-state index in [2.05, 4.69) is 5.32 Å². The third-order valence-corrected chi connectivity index (χ3v) is 6.74. The minimum Gasteiger partial charge on any atom is -0.497 e. The number of amides is 1. The summed E-state index contributed by atoms with van der Waals surface area (Å²) in [6.45, 7) is 1.98. The third-order valence-electron chi connectivity index (χ3n) is 5.43. The van der Waals surface area contributed by atoms with Gasteiger partial charge >= 0.3 is 0 Å². The van der Waals surface area contributed by atoms with Crippen LogP contribution in [0.2, 0.25) is 0 Å². The van der Waals surface area contributed by atoms with Crippen LogP contribution in [-0.2, 0) is 4.79 Å². The highest BCUT2D eigenvalue weighted by Gasteiger charge is 2.23. The Kier molecular flexibility index (Phi) is 6.14. The van der Waals surface area contributed by atoms with Gasteiger partial charge in [-0.05, 0) is 30.7 Å². The fourth-order valence-corrected chi connectivity index (χ4v) is 4.65.